The molecule has 0 bridgehead atoms. The number of para-hydroxylation sites is 1. The first-order chi connectivity index (χ1) is 12.3. The van der Waals surface area contributed by atoms with Crippen LogP contribution in [0.3, 0.4) is 0 Å². The highest BCUT2D eigenvalue weighted by molar-refractivity contribution is 7.16. The zero-order valence-corrected chi connectivity index (χ0v) is 14.3. The van der Waals surface area contributed by atoms with E-state index in [0.29, 0.717) is 29.8 Å². The lowest BCUT2D eigenvalue weighted by Gasteiger charge is -2.15. The number of carbonyl (C=O) groups excluding carboxylic acids is 1. The summed E-state index contributed by atoms with van der Waals surface area (Å²) in [5.41, 5.74) is 2.18. The molecule has 7 heteroatoms. The van der Waals surface area contributed by atoms with Crippen LogP contribution in [0.5, 0.6) is 11.6 Å². The highest BCUT2D eigenvalue weighted by Gasteiger charge is 2.23. The number of fused-ring (bicyclic) bond motifs is 3. The standard InChI is InChI=1S/C18H15N3O3S/c1-2-23-17-12(7-5-9-19-17)16(22)21-18-20-15-11-6-3-4-8-13(11)24-10-14(15)25-18/h3-9H,2,10H2,1H3,(H,20,21,22). The fourth-order valence-electron chi connectivity index (χ4n) is 2.62. The largest absolute Gasteiger partial charge is 0.487 e. The third-order valence-electron chi connectivity index (χ3n) is 3.72. The molecule has 1 aliphatic rings. The smallest absolute Gasteiger partial charge is 0.262 e. The second-order valence-corrected chi connectivity index (χ2v) is 6.40. The predicted octanol–water partition coefficient (Wildman–Crippen LogP) is 3.75. The summed E-state index contributed by atoms with van der Waals surface area (Å²) in [6, 6.07) is 11.1. The minimum absolute atomic E-state index is 0.295. The van der Waals surface area contributed by atoms with Gasteiger partial charge in [-0.2, -0.15) is 0 Å². The molecule has 6 nitrogen and oxygen atoms in total. The molecule has 25 heavy (non-hydrogen) atoms. The molecule has 1 aliphatic heterocycles. The van der Waals surface area contributed by atoms with Crippen LogP contribution in [-0.4, -0.2) is 22.5 Å². The Bertz CT molecular complexity index is 939. The molecular formula is C18H15N3O3S. The third kappa shape index (κ3) is 2.94. The second-order valence-electron chi connectivity index (χ2n) is 5.32. The number of thiazole rings is 1. The molecule has 3 aromatic rings. The van der Waals surface area contributed by atoms with Crippen LogP contribution in [0.2, 0.25) is 0 Å². The Hall–Kier alpha value is -2.93. The maximum atomic E-state index is 12.6. The third-order valence-corrected chi connectivity index (χ3v) is 4.66. The monoisotopic (exact) mass is 353 g/mol. The van der Waals surface area contributed by atoms with Crippen molar-refractivity contribution in [3.63, 3.8) is 0 Å². The van der Waals surface area contributed by atoms with E-state index in [-0.39, 0.29) is 5.91 Å². The molecule has 0 atom stereocenters. The van der Waals surface area contributed by atoms with Gasteiger partial charge in [0.05, 0.1) is 17.2 Å². The van der Waals surface area contributed by atoms with Crippen molar-refractivity contribution >= 4 is 22.4 Å². The van der Waals surface area contributed by atoms with Crippen LogP contribution in [0, 0.1) is 0 Å². The van der Waals surface area contributed by atoms with Crippen molar-refractivity contribution in [2.75, 3.05) is 11.9 Å². The summed E-state index contributed by atoms with van der Waals surface area (Å²) >= 11 is 1.41. The highest BCUT2D eigenvalue weighted by atomic mass is 32.1. The van der Waals surface area contributed by atoms with Crippen LogP contribution >= 0.6 is 11.3 Å². The van der Waals surface area contributed by atoms with Crippen LogP contribution in [0.25, 0.3) is 11.3 Å². The van der Waals surface area contributed by atoms with Gasteiger partial charge in [-0.1, -0.05) is 23.5 Å². The van der Waals surface area contributed by atoms with E-state index >= 15 is 0 Å². The number of pyridine rings is 1. The van der Waals surface area contributed by atoms with Crippen molar-refractivity contribution in [3.8, 4) is 22.9 Å². The van der Waals surface area contributed by atoms with Crippen LogP contribution in [-0.2, 0) is 6.61 Å². The summed E-state index contributed by atoms with van der Waals surface area (Å²) in [4.78, 5) is 22.2. The van der Waals surface area contributed by atoms with E-state index in [1.54, 1.807) is 18.3 Å². The fourth-order valence-corrected chi connectivity index (χ4v) is 3.51. The molecule has 0 spiro atoms. The molecule has 126 valence electrons. The summed E-state index contributed by atoms with van der Waals surface area (Å²) in [6.07, 6.45) is 1.60. The van der Waals surface area contributed by atoms with Gasteiger partial charge < -0.3 is 9.47 Å². The lowest BCUT2D eigenvalue weighted by molar-refractivity contribution is 0.102. The Kier molecular flexibility index (Phi) is 4.07. The minimum Gasteiger partial charge on any atom is -0.487 e. The molecule has 0 saturated heterocycles. The summed E-state index contributed by atoms with van der Waals surface area (Å²) < 4.78 is 11.1. The van der Waals surface area contributed by atoms with Crippen molar-refractivity contribution in [2.24, 2.45) is 0 Å². The van der Waals surface area contributed by atoms with E-state index < -0.39 is 0 Å². The molecule has 2 aromatic heterocycles. The van der Waals surface area contributed by atoms with E-state index in [2.05, 4.69) is 15.3 Å². The zero-order valence-electron chi connectivity index (χ0n) is 13.5. The molecule has 1 N–H and O–H groups in total. The van der Waals surface area contributed by atoms with Crippen LogP contribution in [0.15, 0.2) is 42.6 Å². The number of hydrogen-bond acceptors (Lipinski definition) is 6. The molecule has 0 radical (unpaired) electrons. The second kappa shape index (κ2) is 6.52. The van der Waals surface area contributed by atoms with Crippen molar-refractivity contribution in [1.29, 1.82) is 0 Å². The van der Waals surface area contributed by atoms with E-state index in [9.17, 15) is 4.79 Å². The maximum absolute atomic E-state index is 12.6. The highest BCUT2D eigenvalue weighted by Crippen LogP contribution is 2.40. The van der Waals surface area contributed by atoms with Crippen molar-refractivity contribution in [3.05, 3.63) is 53.0 Å². The van der Waals surface area contributed by atoms with Crippen LogP contribution in [0.1, 0.15) is 22.2 Å². The first-order valence-corrected chi connectivity index (χ1v) is 8.69. The van der Waals surface area contributed by atoms with Gasteiger partial charge in [-0.15, -0.1) is 0 Å². The van der Waals surface area contributed by atoms with Gasteiger partial charge >= 0.3 is 0 Å². The number of aromatic nitrogens is 2. The van der Waals surface area contributed by atoms with Gasteiger partial charge in [-0.25, -0.2) is 9.97 Å². The lowest BCUT2D eigenvalue weighted by atomic mass is 10.1. The van der Waals surface area contributed by atoms with E-state index in [1.807, 2.05) is 31.2 Å². The summed E-state index contributed by atoms with van der Waals surface area (Å²) in [7, 11) is 0. The number of rotatable bonds is 4. The summed E-state index contributed by atoms with van der Waals surface area (Å²) in [5, 5.41) is 3.37. The number of nitrogens with zero attached hydrogens (tertiary/aromatic N) is 2. The number of hydrogen-bond donors (Lipinski definition) is 1. The maximum Gasteiger partial charge on any atom is 0.262 e. The first-order valence-electron chi connectivity index (χ1n) is 7.87. The number of amides is 1. The molecule has 3 heterocycles. The first kappa shape index (κ1) is 15.6. The molecule has 0 aliphatic carbocycles. The van der Waals surface area contributed by atoms with Gasteiger partial charge in [-0.3, -0.25) is 10.1 Å². The van der Waals surface area contributed by atoms with Gasteiger partial charge in [0.15, 0.2) is 5.13 Å². The van der Waals surface area contributed by atoms with Gasteiger partial charge in [0, 0.05) is 11.8 Å². The number of anilines is 1. The van der Waals surface area contributed by atoms with E-state index in [1.165, 1.54) is 11.3 Å². The van der Waals surface area contributed by atoms with Gasteiger partial charge in [-0.05, 0) is 31.2 Å². The Morgan fingerprint density at radius 3 is 3.08 bits per heavy atom. The topological polar surface area (TPSA) is 73.3 Å². The number of ether oxygens (including phenoxy) is 2. The Labute approximate surface area is 148 Å². The minimum atomic E-state index is -0.295. The fraction of sp³-hybridized carbons (Fsp3) is 0.167. The Morgan fingerprint density at radius 1 is 1.32 bits per heavy atom. The molecule has 4 rings (SSSR count). The van der Waals surface area contributed by atoms with Gasteiger partial charge in [0.1, 0.15) is 17.9 Å². The average molecular weight is 353 g/mol. The van der Waals surface area contributed by atoms with E-state index in [0.717, 1.165) is 21.9 Å². The molecule has 0 unspecified atom stereocenters. The quantitative estimate of drug-likeness (QED) is 0.773. The van der Waals surface area contributed by atoms with Crippen LogP contribution < -0.4 is 14.8 Å². The molecule has 1 aromatic carbocycles. The molecule has 0 fully saturated rings. The van der Waals surface area contributed by atoms with Gasteiger partial charge in [0.25, 0.3) is 5.91 Å². The lowest BCUT2D eigenvalue weighted by Crippen LogP contribution is -2.14. The van der Waals surface area contributed by atoms with Gasteiger partial charge in [0.2, 0.25) is 5.88 Å². The Balaban J connectivity index is 1.61. The molecule has 0 saturated carbocycles. The van der Waals surface area contributed by atoms with E-state index in [4.69, 9.17) is 9.47 Å². The molecular weight excluding hydrogens is 338 g/mol. The Morgan fingerprint density at radius 2 is 2.20 bits per heavy atom. The SMILES string of the molecule is CCOc1ncccc1C(=O)Nc1nc2c(s1)COc1ccccc1-2. The normalized spacial score (nSPS) is 11.9. The van der Waals surface area contributed by atoms with Crippen molar-refractivity contribution in [1.82, 2.24) is 9.97 Å². The number of carbonyl (C=O) groups is 1. The predicted molar refractivity (Wildman–Crippen MR) is 95.2 cm³/mol. The zero-order chi connectivity index (χ0) is 17.2. The summed E-state index contributed by atoms with van der Waals surface area (Å²) in [5.74, 6) is 0.832. The number of benzene rings is 1. The molecule has 1 amide bonds. The average Bonchev–Trinajstić information content (AvgIpc) is 3.05. The van der Waals surface area contributed by atoms with Crippen molar-refractivity contribution < 1.29 is 14.3 Å². The number of nitrogens with one attached hydrogen (secondary N) is 1. The summed E-state index contributed by atoms with van der Waals surface area (Å²) in [6.45, 7) is 2.75. The van der Waals surface area contributed by atoms with Crippen LogP contribution in [0.4, 0.5) is 5.13 Å². The van der Waals surface area contributed by atoms with Crippen molar-refractivity contribution in [2.45, 2.75) is 13.5 Å².